The van der Waals surface area contributed by atoms with E-state index in [1.54, 1.807) is 12.1 Å². The number of piperidine rings is 1. The highest BCUT2D eigenvalue weighted by Crippen LogP contribution is 2.40. The van der Waals surface area contributed by atoms with Crippen molar-refractivity contribution < 1.29 is 22.6 Å². The average Bonchev–Trinajstić information content (AvgIpc) is 3.58. The van der Waals surface area contributed by atoms with Gasteiger partial charge in [0.2, 0.25) is 5.82 Å². The van der Waals surface area contributed by atoms with Crippen LogP contribution in [0.25, 0.3) is 22.3 Å². The third-order valence-electron chi connectivity index (χ3n) is 7.69. The third-order valence-corrected chi connectivity index (χ3v) is 7.69. The SMILES string of the molecule is CCN1CCC(CCOc2ccc(-c3nc(C#N)nc4c3ccn4CC3CCOC3)cc2C(F)(F)F)CC1. The minimum atomic E-state index is -4.60. The van der Waals surface area contributed by atoms with E-state index < -0.39 is 11.7 Å². The van der Waals surface area contributed by atoms with Gasteiger partial charge in [-0.05, 0) is 75.5 Å². The first kappa shape index (κ1) is 26.4. The fourth-order valence-electron chi connectivity index (χ4n) is 5.44. The molecule has 3 aromatic rings. The number of rotatable bonds is 8. The van der Waals surface area contributed by atoms with Gasteiger partial charge in [0.15, 0.2) is 0 Å². The number of alkyl halides is 3. The van der Waals surface area contributed by atoms with Crippen molar-refractivity contribution in [2.24, 2.45) is 11.8 Å². The zero-order valence-corrected chi connectivity index (χ0v) is 21.5. The molecule has 2 aliphatic rings. The highest BCUT2D eigenvalue weighted by molar-refractivity contribution is 5.91. The molecule has 1 atom stereocenters. The molecule has 1 aromatic carbocycles. The molecule has 2 aromatic heterocycles. The lowest BCUT2D eigenvalue weighted by molar-refractivity contribution is -0.138. The summed E-state index contributed by atoms with van der Waals surface area (Å²) >= 11 is 0. The predicted octanol–water partition coefficient (Wildman–Crippen LogP) is 5.53. The van der Waals surface area contributed by atoms with Gasteiger partial charge in [-0.25, -0.2) is 9.97 Å². The van der Waals surface area contributed by atoms with Crippen molar-refractivity contribution in [3.05, 3.63) is 41.9 Å². The van der Waals surface area contributed by atoms with Crippen molar-refractivity contribution in [3.8, 4) is 23.1 Å². The second kappa shape index (κ2) is 11.3. The van der Waals surface area contributed by atoms with Crippen LogP contribution < -0.4 is 4.74 Å². The molecule has 0 spiro atoms. The summed E-state index contributed by atoms with van der Waals surface area (Å²) in [5.41, 5.74) is 0.250. The smallest absolute Gasteiger partial charge is 0.419 e. The summed E-state index contributed by atoms with van der Waals surface area (Å²) in [6.45, 7) is 7.47. The maximum atomic E-state index is 14.1. The van der Waals surface area contributed by atoms with Crippen molar-refractivity contribution in [3.63, 3.8) is 0 Å². The fourth-order valence-corrected chi connectivity index (χ4v) is 5.44. The van der Waals surface area contributed by atoms with Gasteiger partial charge in [-0.1, -0.05) is 6.92 Å². The first-order chi connectivity index (χ1) is 18.4. The molecule has 4 heterocycles. The predicted molar refractivity (Wildman–Crippen MR) is 137 cm³/mol. The Morgan fingerprint density at radius 3 is 2.63 bits per heavy atom. The van der Waals surface area contributed by atoms with Gasteiger partial charge in [-0.2, -0.15) is 18.4 Å². The van der Waals surface area contributed by atoms with Crippen LogP contribution in [-0.2, 0) is 17.5 Å². The lowest BCUT2D eigenvalue weighted by Gasteiger charge is -2.31. The van der Waals surface area contributed by atoms with Crippen LogP contribution in [0.1, 0.15) is 44.0 Å². The first-order valence-corrected chi connectivity index (χ1v) is 13.3. The molecule has 202 valence electrons. The number of ether oxygens (including phenoxy) is 2. The molecule has 1 unspecified atom stereocenters. The maximum absolute atomic E-state index is 14.1. The second-order valence-electron chi connectivity index (χ2n) is 10.2. The monoisotopic (exact) mass is 527 g/mol. The quantitative estimate of drug-likeness (QED) is 0.384. The van der Waals surface area contributed by atoms with Gasteiger partial charge in [0.25, 0.3) is 0 Å². The number of aromatic nitrogens is 3. The number of likely N-dealkylation sites (tertiary alicyclic amines) is 1. The summed E-state index contributed by atoms with van der Waals surface area (Å²) in [6.07, 6.45) is 0.985. The summed E-state index contributed by atoms with van der Waals surface area (Å²) in [4.78, 5) is 11.1. The number of benzene rings is 1. The Morgan fingerprint density at radius 1 is 1.13 bits per heavy atom. The molecule has 5 rings (SSSR count). The van der Waals surface area contributed by atoms with Crippen molar-refractivity contribution in [1.82, 2.24) is 19.4 Å². The molecule has 7 nitrogen and oxygen atoms in total. The van der Waals surface area contributed by atoms with E-state index >= 15 is 0 Å². The fraction of sp³-hybridized carbons (Fsp3) is 0.536. The van der Waals surface area contributed by atoms with Crippen molar-refractivity contribution in [2.75, 3.05) is 39.5 Å². The van der Waals surface area contributed by atoms with E-state index in [9.17, 15) is 18.4 Å². The van der Waals surface area contributed by atoms with Crippen LogP contribution in [-0.4, -0.2) is 58.9 Å². The Hall–Kier alpha value is -3.16. The molecule has 0 bridgehead atoms. The number of nitriles is 1. The van der Waals surface area contributed by atoms with E-state index in [1.165, 1.54) is 6.07 Å². The van der Waals surface area contributed by atoms with Gasteiger partial charge in [0.05, 0.1) is 24.5 Å². The van der Waals surface area contributed by atoms with Crippen LogP contribution in [0.4, 0.5) is 13.2 Å². The van der Waals surface area contributed by atoms with Gasteiger partial charge >= 0.3 is 6.18 Å². The highest BCUT2D eigenvalue weighted by Gasteiger charge is 2.35. The summed E-state index contributed by atoms with van der Waals surface area (Å²) < 4.78 is 55.4. The normalized spacial score (nSPS) is 19.2. The van der Waals surface area contributed by atoms with Gasteiger partial charge in [-0.15, -0.1) is 0 Å². The minimum Gasteiger partial charge on any atom is -0.493 e. The van der Waals surface area contributed by atoms with Crippen LogP contribution in [0.3, 0.4) is 0 Å². The summed E-state index contributed by atoms with van der Waals surface area (Å²) in [5.74, 6) is 0.516. The Bertz CT molecular complexity index is 1300. The van der Waals surface area contributed by atoms with Crippen LogP contribution in [0, 0.1) is 23.2 Å². The molecule has 2 saturated heterocycles. The molecule has 10 heteroatoms. The second-order valence-corrected chi connectivity index (χ2v) is 10.2. The Balaban J connectivity index is 1.40. The minimum absolute atomic E-state index is 0.0851. The maximum Gasteiger partial charge on any atom is 0.419 e. The zero-order valence-electron chi connectivity index (χ0n) is 21.5. The number of fused-ring (bicyclic) bond motifs is 1. The Labute approximate surface area is 220 Å². The van der Waals surface area contributed by atoms with E-state index in [2.05, 4.69) is 21.8 Å². The van der Waals surface area contributed by atoms with E-state index in [0.717, 1.165) is 51.4 Å². The third kappa shape index (κ3) is 5.79. The van der Waals surface area contributed by atoms with Crippen molar-refractivity contribution >= 4 is 11.0 Å². The Kier molecular flexibility index (Phi) is 7.86. The number of hydrogen-bond acceptors (Lipinski definition) is 6. The molecule has 38 heavy (non-hydrogen) atoms. The number of hydrogen-bond donors (Lipinski definition) is 0. The molecule has 2 aliphatic heterocycles. The van der Waals surface area contributed by atoms with Crippen molar-refractivity contribution in [1.29, 1.82) is 5.26 Å². The van der Waals surface area contributed by atoms with Gasteiger partial charge in [0, 0.05) is 36.2 Å². The van der Waals surface area contributed by atoms with Crippen LogP contribution in [0.5, 0.6) is 5.75 Å². The molecule has 0 radical (unpaired) electrons. The number of nitrogens with zero attached hydrogens (tertiary/aromatic N) is 5. The van der Waals surface area contributed by atoms with E-state index in [1.807, 2.05) is 16.8 Å². The summed E-state index contributed by atoms with van der Waals surface area (Å²) in [5, 5.41) is 10.1. The summed E-state index contributed by atoms with van der Waals surface area (Å²) in [6, 6.07) is 7.76. The van der Waals surface area contributed by atoms with Gasteiger partial charge in [0.1, 0.15) is 17.5 Å². The van der Waals surface area contributed by atoms with Gasteiger partial charge in [-0.3, -0.25) is 0 Å². The van der Waals surface area contributed by atoms with Crippen molar-refractivity contribution in [2.45, 2.75) is 45.3 Å². The lowest BCUT2D eigenvalue weighted by atomic mass is 9.94. The highest BCUT2D eigenvalue weighted by atomic mass is 19.4. The Morgan fingerprint density at radius 2 is 1.95 bits per heavy atom. The van der Waals surface area contributed by atoms with Gasteiger partial charge < -0.3 is 18.9 Å². The summed E-state index contributed by atoms with van der Waals surface area (Å²) in [7, 11) is 0. The molecule has 0 saturated carbocycles. The molecule has 0 amide bonds. The van der Waals surface area contributed by atoms with E-state index in [-0.39, 0.29) is 23.7 Å². The topological polar surface area (TPSA) is 76.2 Å². The van der Waals surface area contributed by atoms with E-state index in [4.69, 9.17) is 9.47 Å². The van der Waals surface area contributed by atoms with Crippen LogP contribution >= 0.6 is 0 Å². The van der Waals surface area contributed by atoms with E-state index in [0.29, 0.717) is 48.3 Å². The zero-order chi connectivity index (χ0) is 26.7. The molecular formula is C28H32F3N5O2. The number of halogens is 3. The lowest BCUT2D eigenvalue weighted by Crippen LogP contribution is -2.33. The molecular weight excluding hydrogens is 495 g/mol. The molecule has 0 N–H and O–H groups in total. The molecule has 0 aliphatic carbocycles. The largest absolute Gasteiger partial charge is 0.493 e. The van der Waals surface area contributed by atoms with Crippen LogP contribution in [0.2, 0.25) is 0 Å². The standard InChI is InChI=1S/C28H32F3N5O2/c1-2-35-10-5-19(6-11-35)9-14-38-24-4-3-21(15-23(24)28(29,30)31)26-22-7-12-36(17-20-8-13-37-18-20)27(22)34-25(16-32)33-26/h3-4,7,12,15,19-20H,2,5-6,8-11,13-14,17-18H2,1H3. The first-order valence-electron chi connectivity index (χ1n) is 13.3. The van der Waals surface area contributed by atoms with Crippen LogP contribution in [0.15, 0.2) is 30.5 Å². The average molecular weight is 528 g/mol. The molecule has 2 fully saturated rings.